The monoisotopic (exact) mass is 436 g/mol. The predicted octanol–water partition coefficient (Wildman–Crippen LogP) is 3.07. The highest BCUT2D eigenvalue weighted by molar-refractivity contribution is 6.41. The Bertz CT molecular complexity index is 1220. The molecule has 1 heterocycles. The highest BCUT2D eigenvalue weighted by Crippen LogP contribution is 2.25. The van der Waals surface area contributed by atoms with Gasteiger partial charge < -0.3 is 10.1 Å². The van der Waals surface area contributed by atoms with Gasteiger partial charge in [-0.25, -0.2) is 9.48 Å². The molecular weight excluding hydrogens is 416 g/mol. The van der Waals surface area contributed by atoms with Crippen molar-refractivity contribution in [1.29, 1.82) is 0 Å². The van der Waals surface area contributed by atoms with Gasteiger partial charge in [-0.05, 0) is 44.5 Å². The van der Waals surface area contributed by atoms with Crippen LogP contribution in [-0.4, -0.2) is 39.0 Å². The number of carbonyl (C=O) groups is 3. The van der Waals surface area contributed by atoms with Gasteiger partial charge in [-0.2, -0.15) is 5.10 Å². The number of carbonyl (C=O) groups excluding carboxylic acids is 3. The number of ether oxygens (including phenoxy) is 1. The molecule has 2 aromatic carbocycles. The van der Waals surface area contributed by atoms with E-state index in [1.54, 1.807) is 43.7 Å². The van der Waals surface area contributed by atoms with Crippen LogP contribution in [0.4, 0.5) is 11.4 Å². The number of rotatable bonds is 7. The van der Waals surface area contributed by atoms with E-state index in [1.807, 2.05) is 18.2 Å². The van der Waals surface area contributed by atoms with Crippen molar-refractivity contribution in [2.75, 3.05) is 11.9 Å². The fraction of sp³-hybridized carbons (Fsp3) is 0.182. The fourth-order valence-corrected chi connectivity index (χ4v) is 3.18. The van der Waals surface area contributed by atoms with Gasteiger partial charge in [-0.15, -0.1) is 0 Å². The van der Waals surface area contributed by atoms with E-state index in [0.717, 1.165) is 5.69 Å². The van der Waals surface area contributed by atoms with E-state index in [9.17, 15) is 24.5 Å². The zero-order chi connectivity index (χ0) is 23.4. The van der Waals surface area contributed by atoms with Crippen molar-refractivity contribution in [3.8, 4) is 5.69 Å². The van der Waals surface area contributed by atoms with E-state index in [4.69, 9.17) is 4.74 Å². The zero-order valence-corrected chi connectivity index (χ0v) is 17.6. The Balaban J connectivity index is 1.69. The lowest BCUT2D eigenvalue weighted by Gasteiger charge is -2.08. The largest absolute Gasteiger partial charge is 0.450 e. The van der Waals surface area contributed by atoms with Crippen LogP contribution in [0, 0.1) is 30.9 Å². The number of para-hydroxylation sites is 1. The number of nitrogens with one attached hydrogen (secondary N) is 1. The first-order valence-electron chi connectivity index (χ1n) is 9.57. The lowest BCUT2D eigenvalue weighted by Crippen LogP contribution is -2.25. The maximum Gasteiger partial charge on any atom is 0.380 e. The first kappa shape index (κ1) is 22.3. The second-order valence-corrected chi connectivity index (χ2v) is 7.02. The van der Waals surface area contributed by atoms with Crippen LogP contribution in [0.5, 0.6) is 0 Å². The number of nitrogens with zero attached hydrogens (tertiary/aromatic N) is 3. The number of hydrogen-bond donors (Lipinski definition) is 1. The molecule has 0 radical (unpaired) electrons. The number of nitro benzene ring substituents is 1. The minimum absolute atomic E-state index is 0.0381. The minimum atomic E-state index is -1.22. The minimum Gasteiger partial charge on any atom is -0.450 e. The zero-order valence-electron chi connectivity index (χ0n) is 17.6. The molecule has 0 atom stereocenters. The molecule has 32 heavy (non-hydrogen) atoms. The number of Topliss-reactive ketones (excluding diaryl/α,β-unsaturated/α-hetero) is 1. The van der Waals surface area contributed by atoms with Gasteiger partial charge in [-0.1, -0.05) is 24.3 Å². The Morgan fingerprint density at radius 3 is 2.44 bits per heavy atom. The summed E-state index contributed by atoms with van der Waals surface area (Å²) in [7, 11) is 0. The van der Waals surface area contributed by atoms with Gasteiger partial charge in [0.2, 0.25) is 0 Å². The van der Waals surface area contributed by atoms with Crippen LogP contribution in [0.15, 0.2) is 48.5 Å². The molecule has 0 fully saturated rings. The number of hydrogen-bond acceptors (Lipinski definition) is 7. The topological polar surface area (TPSA) is 133 Å². The van der Waals surface area contributed by atoms with Crippen molar-refractivity contribution in [2.45, 2.75) is 20.8 Å². The lowest BCUT2D eigenvalue weighted by molar-refractivity contribution is -0.384. The highest BCUT2D eigenvalue weighted by Gasteiger charge is 2.27. The Morgan fingerprint density at radius 1 is 1.09 bits per heavy atom. The van der Waals surface area contributed by atoms with Crippen LogP contribution in [0.3, 0.4) is 0 Å². The van der Waals surface area contributed by atoms with Gasteiger partial charge in [0.15, 0.2) is 6.61 Å². The first-order chi connectivity index (χ1) is 15.2. The van der Waals surface area contributed by atoms with E-state index in [2.05, 4.69) is 10.4 Å². The normalized spacial score (nSPS) is 10.5. The van der Waals surface area contributed by atoms with Crippen LogP contribution in [0.25, 0.3) is 5.69 Å². The third kappa shape index (κ3) is 4.69. The second kappa shape index (κ2) is 9.21. The maximum absolute atomic E-state index is 12.6. The quantitative estimate of drug-likeness (QED) is 0.198. The Morgan fingerprint density at radius 2 is 1.78 bits per heavy atom. The highest BCUT2D eigenvalue weighted by atomic mass is 16.6. The fourth-order valence-electron chi connectivity index (χ4n) is 3.18. The Labute approximate surface area is 183 Å². The molecule has 0 aliphatic rings. The third-order valence-corrected chi connectivity index (χ3v) is 4.66. The number of nitro groups is 1. The molecule has 0 saturated carbocycles. The summed E-state index contributed by atoms with van der Waals surface area (Å²) < 4.78 is 6.37. The van der Waals surface area contributed by atoms with Crippen LogP contribution < -0.4 is 5.32 Å². The second-order valence-electron chi connectivity index (χ2n) is 7.02. The number of esters is 1. The predicted molar refractivity (Wildman–Crippen MR) is 115 cm³/mol. The molecule has 0 aliphatic carbocycles. The molecule has 1 aromatic heterocycles. The molecule has 0 spiro atoms. The van der Waals surface area contributed by atoms with Crippen LogP contribution in [0.1, 0.15) is 27.3 Å². The average molecular weight is 436 g/mol. The molecule has 10 nitrogen and oxygen atoms in total. The Kier molecular flexibility index (Phi) is 6.43. The number of ketones is 1. The SMILES string of the molecule is Cc1ccc(NC(=O)COC(=O)C(=O)c2c(C)nn(-c3ccccc3)c2C)c([N+](=O)[O-])c1. The molecule has 0 saturated heterocycles. The molecule has 3 aromatic rings. The summed E-state index contributed by atoms with van der Waals surface area (Å²) in [5.41, 5.74) is 1.93. The summed E-state index contributed by atoms with van der Waals surface area (Å²) in [5, 5.41) is 17.8. The summed E-state index contributed by atoms with van der Waals surface area (Å²) in [6.45, 7) is 4.14. The van der Waals surface area contributed by atoms with Crippen molar-refractivity contribution >= 4 is 29.0 Å². The van der Waals surface area contributed by atoms with E-state index in [-0.39, 0.29) is 16.9 Å². The molecule has 1 amide bonds. The van der Waals surface area contributed by atoms with E-state index < -0.39 is 29.2 Å². The van der Waals surface area contributed by atoms with Crippen LogP contribution in [-0.2, 0) is 14.3 Å². The van der Waals surface area contributed by atoms with Crippen LogP contribution >= 0.6 is 0 Å². The summed E-state index contributed by atoms with van der Waals surface area (Å²) in [4.78, 5) is 47.5. The Hall–Kier alpha value is -4.34. The van der Waals surface area contributed by atoms with Crippen molar-refractivity contribution in [3.05, 3.63) is 81.2 Å². The van der Waals surface area contributed by atoms with Crippen molar-refractivity contribution in [1.82, 2.24) is 9.78 Å². The van der Waals surface area contributed by atoms with Gasteiger partial charge in [0, 0.05) is 6.07 Å². The molecule has 3 rings (SSSR count). The van der Waals surface area contributed by atoms with Gasteiger partial charge in [0.05, 0.1) is 27.6 Å². The number of aryl methyl sites for hydroxylation is 2. The van der Waals surface area contributed by atoms with E-state index in [1.165, 1.54) is 12.1 Å². The van der Waals surface area contributed by atoms with Crippen molar-refractivity contribution in [3.63, 3.8) is 0 Å². The van der Waals surface area contributed by atoms with Crippen molar-refractivity contribution < 1.29 is 24.0 Å². The van der Waals surface area contributed by atoms with E-state index >= 15 is 0 Å². The summed E-state index contributed by atoms with van der Waals surface area (Å²) >= 11 is 0. The number of benzene rings is 2. The molecule has 1 N–H and O–H groups in total. The standard InChI is InChI=1S/C22H20N4O6/c1-13-9-10-17(18(11-13)26(30)31)23-19(27)12-32-22(29)21(28)20-14(2)24-25(15(20)3)16-7-5-4-6-8-16/h4-11H,12H2,1-3H3,(H,23,27). The smallest absolute Gasteiger partial charge is 0.380 e. The van der Waals surface area contributed by atoms with Gasteiger partial charge in [0.25, 0.3) is 17.4 Å². The van der Waals surface area contributed by atoms with Gasteiger partial charge in [-0.3, -0.25) is 19.7 Å². The number of anilines is 1. The molecule has 0 bridgehead atoms. The van der Waals surface area contributed by atoms with Gasteiger partial charge in [0.1, 0.15) is 5.69 Å². The molecule has 164 valence electrons. The van der Waals surface area contributed by atoms with E-state index in [0.29, 0.717) is 17.0 Å². The average Bonchev–Trinajstić information content (AvgIpc) is 3.07. The molecule has 10 heteroatoms. The summed E-state index contributed by atoms with van der Waals surface area (Å²) in [6.07, 6.45) is 0. The number of aromatic nitrogens is 2. The maximum atomic E-state index is 12.6. The number of amides is 1. The lowest BCUT2D eigenvalue weighted by atomic mass is 10.1. The van der Waals surface area contributed by atoms with Gasteiger partial charge >= 0.3 is 5.97 Å². The summed E-state index contributed by atoms with van der Waals surface area (Å²) in [5.74, 6) is -2.97. The molecule has 0 unspecified atom stereocenters. The molecular formula is C22H20N4O6. The van der Waals surface area contributed by atoms with Crippen molar-refractivity contribution in [2.24, 2.45) is 0 Å². The first-order valence-corrected chi connectivity index (χ1v) is 9.57. The third-order valence-electron chi connectivity index (χ3n) is 4.66. The summed E-state index contributed by atoms with van der Waals surface area (Å²) in [6, 6.07) is 13.4. The molecule has 0 aliphatic heterocycles. The van der Waals surface area contributed by atoms with Crippen LogP contribution in [0.2, 0.25) is 0 Å².